The highest BCUT2D eigenvalue weighted by Crippen LogP contribution is 2.01. The molecule has 0 saturated carbocycles. The van der Waals surface area contributed by atoms with Crippen molar-refractivity contribution in [2.45, 2.75) is 44.1 Å². The second-order valence-electron chi connectivity index (χ2n) is 4.24. The summed E-state index contributed by atoms with van der Waals surface area (Å²) in [7, 11) is -1.34. The summed E-state index contributed by atoms with van der Waals surface area (Å²) in [5, 5.41) is 2.58. The van der Waals surface area contributed by atoms with Crippen molar-refractivity contribution in [2.75, 3.05) is 6.61 Å². The Morgan fingerprint density at radius 1 is 1.15 bits per heavy atom. The standard InChI is InChI=1S/C6H11OSi.2C2H5.Al/c1-5-6-7-8(2,3)4;2*1-2;/h6H2,2-4H3;2*1H2,2H3;. The van der Waals surface area contributed by atoms with E-state index in [1.807, 2.05) is 0 Å². The molecule has 0 saturated heterocycles. The van der Waals surface area contributed by atoms with Crippen LogP contribution < -0.4 is 0 Å². The fourth-order valence-corrected chi connectivity index (χ4v) is 2.79. The summed E-state index contributed by atoms with van der Waals surface area (Å²) in [6, 6.07) is 0. The highest BCUT2D eigenvalue weighted by molar-refractivity contribution is 6.69. The summed E-state index contributed by atoms with van der Waals surface area (Å²) in [4.78, 5) is 3.38. The van der Waals surface area contributed by atoms with E-state index in [0.29, 0.717) is 6.61 Å². The van der Waals surface area contributed by atoms with Crippen molar-refractivity contribution >= 4 is 22.5 Å². The van der Waals surface area contributed by atoms with Crippen molar-refractivity contribution in [1.82, 2.24) is 0 Å². The highest BCUT2D eigenvalue weighted by Gasteiger charge is 2.12. The summed E-state index contributed by atoms with van der Waals surface area (Å²) in [5.74, 6) is 3.17. The third kappa shape index (κ3) is 8.60. The Labute approximate surface area is 88.4 Å². The molecular formula is C10H21AlOSi. The summed E-state index contributed by atoms with van der Waals surface area (Å²) in [6.45, 7) is 11.7. The zero-order valence-corrected chi connectivity index (χ0v) is 11.8. The van der Waals surface area contributed by atoms with Gasteiger partial charge in [0, 0.05) is 0 Å². The maximum atomic E-state index is 5.66. The predicted molar refractivity (Wildman–Crippen MR) is 63.8 cm³/mol. The monoisotopic (exact) mass is 212 g/mol. The highest BCUT2D eigenvalue weighted by atomic mass is 28.4. The van der Waals surface area contributed by atoms with Crippen LogP contribution >= 0.6 is 0 Å². The van der Waals surface area contributed by atoms with Crippen LogP contribution in [-0.4, -0.2) is 29.1 Å². The molecule has 0 unspecified atom stereocenters. The van der Waals surface area contributed by atoms with Gasteiger partial charge in [0.25, 0.3) is 0 Å². The molecule has 74 valence electrons. The first-order chi connectivity index (χ1) is 5.99. The Kier molecular flexibility index (Phi) is 6.82. The molecule has 1 nitrogen and oxygen atoms in total. The summed E-state index contributed by atoms with van der Waals surface area (Å²) in [6.07, 6.45) is 0. The van der Waals surface area contributed by atoms with Crippen LogP contribution in [0.4, 0.5) is 0 Å². The van der Waals surface area contributed by atoms with Gasteiger partial charge in [-0.1, -0.05) is 30.3 Å². The average Bonchev–Trinajstić information content (AvgIpc) is 2.03. The van der Waals surface area contributed by atoms with E-state index in [1.165, 1.54) is 10.6 Å². The minimum absolute atomic E-state index is 0.652. The van der Waals surface area contributed by atoms with E-state index >= 15 is 0 Å². The van der Waals surface area contributed by atoms with Gasteiger partial charge in [0.15, 0.2) is 8.32 Å². The predicted octanol–water partition coefficient (Wildman–Crippen LogP) is 2.92. The summed E-state index contributed by atoms with van der Waals surface area (Å²) in [5.41, 5.74) is 0. The fraction of sp³-hybridized carbons (Fsp3) is 0.800. The lowest BCUT2D eigenvalue weighted by Gasteiger charge is -2.14. The molecule has 0 aromatic heterocycles. The normalized spacial score (nSPS) is 10.5. The molecule has 0 aliphatic rings. The van der Waals surface area contributed by atoms with Gasteiger partial charge in [-0.15, -0.1) is 0 Å². The Hall–Kier alpha value is 0.269. The van der Waals surface area contributed by atoms with Crippen molar-refractivity contribution in [3.05, 3.63) is 0 Å². The molecule has 0 amide bonds. The first-order valence-electron chi connectivity index (χ1n) is 5.12. The minimum atomic E-state index is -1.34. The van der Waals surface area contributed by atoms with Crippen molar-refractivity contribution in [3.8, 4) is 10.7 Å². The van der Waals surface area contributed by atoms with Crippen LogP contribution in [0.15, 0.2) is 0 Å². The molecule has 13 heavy (non-hydrogen) atoms. The smallest absolute Gasteiger partial charge is 0.375 e. The quantitative estimate of drug-likeness (QED) is 0.514. The van der Waals surface area contributed by atoms with Gasteiger partial charge in [0.2, 0.25) is 0 Å². The zero-order chi connectivity index (χ0) is 10.3. The maximum absolute atomic E-state index is 5.66. The van der Waals surface area contributed by atoms with E-state index in [2.05, 4.69) is 44.2 Å². The van der Waals surface area contributed by atoms with Gasteiger partial charge in [-0.05, 0) is 19.6 Å². The van der Waals surface area contributed by atoms with E-state index in [9.17, 15) is 0 Å². The van der Waals surface area contributed by atoms with E-state index in [1.54, 1.807) is 0 Å². The molecule has 0 rings (SSSR count). The van der Waals surface area contributed by atoms with Gasteiger partial charge >= 0.3 is 14.1 Å². The molecule has 0 spiro atoms. The van der Waals surface area contributed by atoms with Crippen LogP contribution in [0.5, 0.6) is 0 Å². The molecule has 0 radical (unpaired) electrons. The number of rotatable bonds is 4. The molecule has 0 aliphatic heterocycles. The van der Waals surface area contributed by atoms with Crippen molar-refractivity contribution in [3.63, 3.8) is 0 Å². The van der Waals surface area contributed by atoms with Gasteiger partial charge < -0.3 is 4.43 Å². The van der Waals surface area contributed by atoms with Crippen molar-refractivity contribution < 1.29 is 4.43 Å². The van der Waals surface area contributed by atoms with Gasteiger partial charge in [-0.25, -0.2) is 4.78 Å². The van der Waals surface area contributed by atoms with Gasteiger partial charge in [-0.3, -0.25) is 0 Å². The summed E-state index contributed by atoms with van der Waals surface area (Å²) >= 11 is -0.703. The first-order valence-corrected chi connectivity index (χ1v) is 10.7. The van der Waals surface area contributed by atoms with Crippen LogP contribution in [0.1, 0.15) is 13.8 Å². The molecule has 3 heteroatoms. The van der Waals surface area contributed by atoms with Crippen LogP contribution in [0.25, 0.3) is 0 Å². The molecule has 0 aromatic carbocycles. The number of hydrogen-bond donors (Lipinski definition) is 0. The molecule has 0 N–H and O–H groups in total. The lowest BCUT2D eigenvalue weighted by molar-refractivity contribution is 0.365. The van der Waals surface area contributed by atoms with E-state index in [0.717, 1.165) is 0 Å². The van der Waals surface area contributed by atoms with Crippen molar-refractivity contribution in [1.29, 1.82) is 0 Å². The second kappa shape index (κ2) is 6.68. The molecule has 0 aromatic rings. The van der Waals surface area contributed by atoms with Crippen LogP contribution in [0.3, 0.4) is 0 Å². The Bertz CT molecular complexity index is 183. The van der Waals surface area contributed by atoms with Gasteiger partial charge in [-0.2, -0.15) is 0 Å². The first kappa shape index (κ1) is 13.3. The van der Waals surface area contributed by atoms with E-state index in [-0.39, 0.29) is 0 Å². The molecular weight excluding hydrogens is 191 g/mol. The third-order valence-corrected chi connectivity index (χ3v) is 5.46. The largest absolute Gasteiger partial charge is 0.407 e. The Morgan fingerprint density at radius 3 is 2.08 bits per heavy atom. The van der Waals surface area contributed by atoms with Gasteiger partial charge in [0.1, 0.15) is 0 Å². The maximum Gasteiger partial charge on any atom is 0.375 e. The van der Waals surface area contributed by atoms with Gasteiger partial charge in [0.05, 0.1) is 6.61 Å². The fourth-order valence-electron chi connectivity index (χ4n) is 0.931. The van der Waals surface area contributed by atoms with Crippen molar-refractivity contribution in [2.24, 2.45) is 0 Å². The topological polar surface area (TPSA) is 9.23 Å². The zero-order valence-electron chi connectivity index (χ0n) is 9.61. The molecule has 0 fully saturated rings. The molecule has 0 bridgehead atoms. The lowest BCUT2D eigenvalue weighted by Crippen LogP contribution is -2.25. The molecule has 0 atom stereocenters. The molecule has 0 heterocycles. The second-order valence-corrected chi connectivity index (χ2v) is 12.1. The van der Waals surface area contributed by atoms with E-state index in [4.69, 9.17) is 4.43 Å². The SMILES string of the molecule is C[CH2][Al]([C]#CCO[Si](C)(C)C)[CH2]C. The average molecular weight is 212 g/mol. The molecule has 0 aliphatic carbocycles. The van der Waals surface area contributed by atoms with Crippen LogP contribution in [0, 0.1) is 10.7 Å². The third-order valence-electron chi connectivity index (χ3n) is 1.87. The summed E-state index contributed by atoms with van der Waals surface area (Å²) < 4.78 is 5.66. The number of hydrogen-bond acceptors (Lipinski definition) is 1. The van der Waals surface area contributed by atoms with E-state index < -0.39 is 22.5 Å². The lowest BCUT2D eigenvalue weighted by atomic mass is 10.8. The van der Waals surface area contributed by atoms with Crippen LogP contribution in [0.2, 0.25) is 30.2 Å². The Balaban J connectivity index is 3.73. The van der Waals surface area contributed by atoms with Crippen LogP contribution in [-0.2, 0) is 4.43 Å². The Morgan fingerprint density at radius 2 is 1.69 bits per heavy atom. The minimum Gasteiger partial charge on any atom is -0.407 e.